The number of hydrogen-bond donors (Lipinski definition) is 1. The van der Waals surface area contributed by atoms with Crippen molar-refractivity contribution in [1.29, 1.82) is 0 Å². The first kappa shape index (κ1) is 29.5. The van der Waals surface area contributed by atoms with Crippen LogP contribution in [0.25, 0.3) is 0 Å². The van der Waals surface area contributed by atoms with Crippen LogP contribution in [0.1, 0.15) is 30.5 Å². The molecule has 0 spiro atoms. The van der Waals surface area contributed by atoms with E-state index in [-0.39, 0.29) is 25.0 Å². The average Bonchev–Trinajstić information content (AvgIpc) is 2.88. The Hall–Kier alpha value is -4.05. The number of amides is 1. The van der Waals surface area contributed by atoms with E-state index in [2.05, 4.69) is 4.72 Å². The van der Waals surface area contributed by atoms with Gasteiger partial charge in [0.2, 0.25) is 10.0 Å². The van der Waals surface area contributed by atoms with Crippen molar-refractivity contribution in [3.8, 4) is 11.5 Å². The third kappa shape index (κ3) is 9.33. The molecule has 3 rings (SSSR count). The van der Waals surface area contributed by atoms with Gasteiger partial charge in [-0.05, 0) is 61.7 Å². The standard InChI is InChI=1S/C29H34N2O7S/c1-5-37-28(32)18-23-12-9-13-26(17-23)38-27-15-14-25(30-39(4,34)35)19-24(27)20-31(29(33)36-3)21(2)16-22-10-7-6-8-11-22/h6-15,17,19,21,30H,5,16,18,20H2,1-4H3/t21-/m0/s1. The molecule has 0 saturated heterocycles. The third-order valence-electron chi connectivity index (χ3n) is 5.80. The topological polar surface area (TPSA) is 111 Å². The van der Waals surface area contributed by atoms with E-state index in [4.69, 9.17) is 14.2 Å². The predicted octanol–water partition coefficient (Wildman–Crippen LogP) is 5.16. The van der Waals surface area contributed by atoms with E-state index in [0.29, 0.717) is 35.8 Å². The second-order valence-corrected chi connectivity index (χ2v) is 10.8. The Morgan fingerprint density at radius 3 is 2.36 bits per heavy atom. The quantitative estimate of drug-likeness (QED) is 0.308. The minimum absolute atomic E-state index is 0.0950. The third-order valence-corrected chi connectivity index (χ3v) is 6.41. The fraction of sp³-hybridized carbons (Fsp3) is 0.310. The molecule has 3 aromatic rings. The molecule has 9 nitrogen and oxygen atoms in total. The number of anilines is 1. The molecule has 0 heterocycles. The van der Waals surface area contributed by atoms with Crippen LogP contribution in [0, 0.1) is 0 Å². The Balaban J connectivity index is 1.93. The van der Waals surface area contributed by atoms with Crippen molar-refractivity contribution in [2.45, 2.75) is 39.3 Å². The maximum absolute atomic E-state index is 12.8. The van der Waals surface area contributed by atoms with Gasteiger partial charge in [0, 0.05) is 17.3 Å². The van der Waals surface area contributed by atoms with Gasteiger partial charge in [0.25, 0.3) is 0 Å². The summed E-state index contributed by atoms with van der Waals surface area (Å²) in [7, 11) is -2.22. The lowest BCUT2D eigenvalue weighted by molar-refractivity contribution is -0.142. The summed E-state index contributed by atoms with van der Waals surface area (Å²) >= 11 is 0. The van der Waals surface area contributed by atoms with Crippen molar-refractivity contribution >= 4 is 27.8 Å². The normalized spacial score (nSPS) is 11.8. The lowest BCUT2D eigenvalue weighted by Crippen LogP contribution is -2.39. The van der Waals surface area contributed by atoms with Crippen LogP contribution in [-0.4, -0.2) is 51.4 Å². The number of sulfonamides is 1. The Labute approximate surface area is 229 Å². The molecule has 1 atom stereocenters. The van der Waals surface area contributed by atoms with Crippen LogP contribution in [0.5, 0.6) is 11.5 Å². The Morgan fingerprint density at radius 2 is 1.69 bits per heavy atom. The summed E-state index contributed by atoms with van der Waals surface area (Å²) in [5.74, 6) is 0.555. The molecule has 0 bridgehead atoms. The molecular formula is C29H34N2O7S. The number of benzene rings is 3. The SMILES string of the molecule is CCOC(=O)Cc1cccc(Oc2ccc(NS(C)(=O)=O)cc2CN(C(=O)OC)[C@@H](C)Cc2ccccc2)c1. The van der Waals surface area contributed by atoms with Gasteiger partial charge in [-0.2, -0.15) is 0 Å². The summed E-state index contributed by atoms with van der Waals surface area (Å²) in [5.41, 5.74) is 2.66. The number of ether oxygens (including phenoxy) is 3. The van der Waals surface area contributed by atoms with Crippen molar-refractivity contribution in [2.24, 2.45) is 0 Å². The van der Waals surface area contributed by atoms with Crippen molar-refractivity contribution in [1.82, 2.24) is 4.90 Å². The van der Waals surface area contributed by atoms with Gasteiger partial charge in [-0.1, -0.05) is 42.5 Å². The molecule has 208 valence electrons. The highest BCUT2D eigenvalue weighted by atomic mass is 32.2. The highest BCUT2D eigenvalue weighted by molar-refractivity contribution is 7.92. The van der Waals surface area contributed by atoms with Gasteiger partial charge >= 0.3 is 12.1 Å². The summed E-state index contributed by atoms with van der Waals surface area (Å²) in [6.45, 7) is 4.06. The molecule has 0 aromatic heterocycles. The van der Waals surface area contributed by atoms with Gasteiger partial charge in [-0.25, -0.2) is 13.2 Å². The smallest absolute Gasteiger partial charge is 0.410 e. The minimum Gasteiger partial charge on any atom is -0.466 e. The van der Waals surface area contributed by atoms with E-state index in [1.807, 2.05) is 37.3 Å². The molecule has 0 aliphatic carbocycles. The van der Waals surface area contributed by atoms with E-state index in [1.165, 1.54) is 7.11 Å². The fourth-order valence-corrected chi connectivity index (χ4v) is 4.63. The van der Waals surface area contributed by atoms with E-state index in [9.17, 15) is 18.0 Å². The van der Waals surface area contributed by atoms with Crippen LogP contribution < -0.4 is 9.46 Å². The van der Waals surface area contributed by atoms with Gasteiger partial charge in [-0.3, -0.25) is 9.52 Å². The number of carbonyl (C=O) groups excluding carboxylic acids is 2. The first-order chi connectivity index (χ1) is 18.6. The van der Waals surface area contributed by atoms with Crippen molar-refractivity contribution < 1.29 is 32.2 Å². The molecule has 0 fully saturated rings. The summed E-state index contributed by atoms with van der Waals surface area (Å²) in [6, 6.07) is 21.4. The highest BCUT2D eigenvalue weighted by Crippen LogP contribution is 2.31. The Kier molecular flexibility index (Phi) is 10.3. The van der Waals surface area contributed by atoms with Gasteiger partial charge in [0.1, 0.15) is 11.5 Å². The minimum atomic E-state index is -3.53. The van der Waals surface area contributed by atoms with E-state index >= 15 is 0 Å². The molecular weight excluding hydrogens is 520 g/mol. The van der Waals surface area contributed by atoms with Gasteiger partial charge in [-0.15, -0.1) is 0 Å². The number of carbonyl (C=O) groups is 2. The summed E-state index contributed by atoms with van der Waals surface area (Å²) in [5, 5.41) is 0. The number of esters is 1. The Bertz CT molecular complexity index is 1380. The van der Waals surface area contributed by atoms with E-state index < -0.39 is 16.1 Å². The molecule has 1 N–H and O–H groups in total. The monoisotopic (exact) mass is 554 g/mol. The second kappa shape index (κ2) is 13.7. The van der Waals surface area contributed by atoms with Gasteiger partial charge in [0.15, 0.2) is 0 Å². The summed E-state index contributed by atoms with van der Waals surface area (Å²) < 4.78 is 42.5. The van der Waals surface area contributed by atoms with Crippen LogP contribution in [0.3, 0.4) is 0 Å². The zero-order valence-corrected chi connectivity index (χ0v) is 23.4. The van der Waals surface area contributed by atoms with Crippen LogP contribution in [0.15, 0.2) is 72.8 Å². The number of hydrogen-bond acceptors (Lipinski definition) is 7. The van der Waals surface area contributed by atoms with Crippen LogP contribution in [0.4, 0.5) is 10.5 Å². The number of nitrogens with one attached hydrogen (secondary N) is 1. The zero-order valence-electron chi connectivity index (χ0n) is 22.5. The lowest BCUT2D eigenvalue weighted by atomic mass is 10.0. The average molecular weight is 555 g/mol. The largest absolute Gasteiger partial charge is 0.466 e. The summed E-state index contributed by atoms with van der Waals surface area (Å²) in [6.07, 6.45) is 1.22. The van der Waals surface area contributed by atoms with Crippen molar-refractivity contribution in [3.63, 3.8) is 0 Å². The maximum Gasteiger partial charge on any atom is 0.410 e. The molecule has 10 heteroatoms. The molecule has 39 heavy (non-hydrogen) atoms. The van der Waals surface area contributed by atoms with Crippen LogP contribution in [-0.2, 0) is 43.7 Å². The predicted molar refractivity (Wildman–Crippen MR) is 149 cm³/mol. The van der Waals surface area contributed by atoms with Crippen molar-refractivity contribution in [2.75, 3.05) is 24.7 Å². The molecule has 0 aliphatic heterocycles. The fourth-order valence-electron chi connectivity index (χ4n) is 4.07. The Morgan fingerprint density at radius 1 is 0.974 bits per heavy atom. The number of rotatable bonds is 12. The van der Waals surface area contributed by atoms with E-state index in [0.717, 1.165) is 17.4 Å². The molecule has 3 aromatic carbocycles. The summed E-state index contributed by atoms with van der Waals surface area (Å²) in [4.78, 5) is 26.3. The maximum atomic E-state index is 12.8. The van der Waals surface area contributed by atoms with Crippen LogP contribution >= 0.6 is 0 Å². The first-order valence-corrected chi connectivity index (χ1v) is 14.4. The molecule has 0 aliphatic rings. The van der Waals surface area contributed by atoms with E-state index in [1.54, 1.807) is 54.3 Å². The molecule has 0 unspecified atom stereocenters. The first-order valence-electron chi connectivity index (χ1n) is 12.5. The van der Waals surface area contributed by atoms with Gasteiger partial charge in [0.05, 0.1) is 32.9 Å². The highest BCUT2D eigenvalue weighted by Gasteiger charge is 2.24. The number of methoxy groups -OCH3 is 1. The molecule has 0 saturated carbocycles. The number of nitrogens with zero attached hydrogens (tertiary/aromatic N) is 1. The zero-order chi connectivity index (χ0) is 28.4. The van der Waals surface area contributed by atoms with Crippen LogP contribution in [0.2, 0.25) is 0 Å². The van der Waals surface area contributed by atoms with Gasteiger partial charge < -0.3 is 19.1 Å². The molecule has 1 amide bonds. The lowest BCUT2D eigenvalue weighted by Gasteiger charge is -2.29. The van der Waals surface area contributed by atoms with Crippen molar-refractivity contribution in [3.05, 3.63) is 89.5 Å². The second-order valence-electron chi connectivity index (χ2n) is 9.06. The molecule has 0 radical (unpaired) electrons.